The minimum Gasteiger partial charge on any atom is -0.466 e. The van der Waals surface area contributed by atoms with Gasteiger partial charge >= 0.3 is 18.5 Å². The SMILES string of the molecule is CCC1CC(N(Cc2cc(C(F)(F)F)cc(C(F)(F)F)c2)C(C)=O)c2cc(C(F)(F)F)ccc2N1CCOC=O. The van der Waals surface area contributed by atoms with E-state index in [1.165, 1.54) is 6.07 Å². The highest BCUT2D eigenvalue weighted by Crippen LogP contribution is 2.45. The fourth-order valence-corrected chi connectivity index (χ4v) is 4.90. The number of hydrogen-bond donors (Lipinski definition) is 0. The van der Waals surface area contributed by atoms with E-state index < -0.39 is 65.3 Å². The Balaban J connectivity index is 2.15. The van der Waals surface area contributed by atoms with Gasteiger partial charge in [-0.1, -0.05) is 6.92 Å². The summed E-state index contributed by atoms with van der Waals surface area (Å²) in [6.07, 6.45) is -14.6. The molecule has 0 saturated carbocycles. The number of ether oxygens (including phenoxy) is 1. The van der Waals surface area contributed by atoms with E-state index in [9.17, 15) is 49.1 Å². The van der Waals surface area contributed by atoms with E-state index in [0.717, 1.165) is 24.0 Å². The zero-order valence-corrected chi connectivity index (χ0v) is 21.3. The third-order valence-corrected chi connectivity index (χ3v) is 6.73. The van der Waals surface area contributed by atoms with E-state index in [0.29, 0.717) is 18.6 Å². The van der Waals surface area contributed by atoms with Crippen molar-refractivity contribution in [1.29, 1.82) is 0 Å². The largest absolute Gasteiger partial charge is 0.466 e. The number of benzene rings is 2. The Labute approximate surface area is 223 Å². The lowest BCUT2D eigenvalue weighted by Gasteiger charge is -2.45. The van der Waals surface area contributed by atoms with E-state index in [4.69, 9.17) is 4.74 Å². The number of amides is 1. The molecule has 1 amide bonds. The number of rotatable bonds is 8. The predicted molar refractivity (Wildman–Crippen MR) is 125 cm³/mol. The van der Waals surface area contributed by atoms with Crippen LogP contribution in [0.25, 0.3) is 0 Å². The van der Waals surface area contributed by atoms with Gasteiger partial charge in [-0.3, -0.25) is 9.59 Å². The maximum absolute atomic E-state index is 13.6. The van der Waals surface area contributed by atoms with Crippen LogP contribution in [-0.2, 0) is 39.4 Å². The van der Waals surface area contributed by atoms with Crippen molar-refractivity contribution in [2.75, 3.05) is 18.1 Å². The van der Waals surface area contributed by atoms with E-state index in [1.54, 1.807) is 11.8 Å². The number of anilines is 1. The summed E-state index contributed by atoms with van der Waals surface area (Å²) in [4.78, 5) is 26.1. The van der Waals surface area contributed by atoms with Crippen LogP contribution in [0.4, 0.5) is 45.2 Å². The number of fused-ring (bicyclic) bond motifs is 1. The topological polar surface area (TPSA) is 49.9 Å². The molecule has 2 aromatic rings. The molecule has 0 spiro atoms. The number of hydrogen-bond acceptors (Lipinski definition) is 4. The third-order valence-electron chi connectivity index (χ3n) is 6.73. The smallest absolute Gasteiger partial charge is 0.416 e. The molecule has 0 aliphatic carbocycles. The molecule has 0 aromatic heterocycles. The first kappa shape index (κ1) is 31.1. The summed E-state index contributed by atoms with van der Waals surface area (Å²) in [5, 5.41) is 0. The fraction of sp³-hybridized carbons (Fsp3) is 0.462. The van der Waals surface area contributed by atoms with Crippen LogP contribution in [0.3, 0.4) is 0 Å². The molecule has 0 saturated heterocycles. The van der Waals surface area contributed by atoms with Crippen LogP contribution in [0.15, 0.2) is 36.4 Å². The molecule has 1 aliphatic heterocycles. The summed E-state index contributed by atoms with van der Waals surface area (Å²) in [5.41, 5.74) is -4.38. The van der Waals surface area contributed by atoms with Gasteiger partial charge in [0.2, 0.25) is 5.91 Å². The molecule has 2 unspecified atom stereocenters. The fourth-order valence-electron chi connectivity index (χ4n) is 4.90. The Morgan fingerprint density at radius 2 is 1.52 bits per heavy atom. The first-order chi connectivity index (χ1) is 18.5. The van der Waals surface area contributed by atoms with E-state index in [1.807, 2.05) is 0 Å². The standard InChI is InChI=1S/C26H25F9N2O3/c1-3-20-12-23(21-11-17(24(27,28)29)4-5-22(21)36(20)6-7-40-14-38)37(15(2)39)13-16-8-18(25(30,31)32)10-19(9-16)26(33,34)35/h4-5,8-11,14,20,23H,3,6-7,12-13H2,1-2H3. The molecule has 5 nitrogen and oxygen atoms in total. The summed E-state index contributed by atoms with van der Waals surface area (Å²) >= 11 is 0. The molecule has 2 atom stereocenters. The molecular formula is C26H25F9N2O3. The second-order valence-corrected chi connectivity index (χ2v) is 9.31. The number of halogens is 9. The van der Waals surface area contributed by atoms with Crippen molar-refractivity contribution >= 4 is 18.1 Å². The van der Waals surface area contributed by atoms with Crippen molar-refractivity contribution in [3.63, 3.8) is 0 Å². The lowest BCUT2D eigenvalue weighted by atomic mass is 9.87. The molecule has 40 heavy (non-hydrogen) atoms. The zero-order valence-electron chi connectivity index (χ0n) is 21.3. The van der Waals surface area contributed by atoms with Gasteiger partial charge in [0, 0.05) is 25.2 Å². The monoisotopic (exact) mass is 584 g/mol. The molecule has 1 heterocycles. The van der Waals surface area contributed by atoms with E-state index >= 15 is 0 Å². The van der Waals surface area contributed by atoms with Crippen molar-refractivity contribution in [3.8, 4) is 0 Å². The van der Waals surface area contributed by atoms with E-state index in [2.05, 4.69) is 0 Å². The predicted octanol–water partition coefficient (Wildman–Crippen LogP) is 6.99. The average Bonchev–Trinajstić information content (AvgIpc) is 2.85. The quantitative estimate of drug-likeness (QED) is 0.191. The summed E-state index contributed by atoms with van der Waals surface area (Å²) in [7, 11) is 0. The van der Waals surface area contributed by atoms with Crippen molar-refractivity contribution in [3.05, 3.63) is 64.2 Å². The lowest BCUT2D eigenvalue weighted by Crippen LogP contribution is -2.46. The molecule has 0 N–H and O–H groups in total. The van der Waals surface area contributed by atoms with Crippen molar-refractivity contribution in [2.24, 2.45) is 0 Å². The van der Waals surface area contributed by atoms with Gasteiger partial charge in [-0.25, -0.2) is 0 Å². The van der Waals surface area contributed by atoms with Gasteiger partial charge in [0.1, 0.15) is 6.61 Å². The van der Waals surface area contributed by atoms with Crippen molar-refractivity contribution < 1.29 is 53.8 Å². The molecule has 0 fully saturated rings. The minimum atomic E-state index is -5.12. The van der Waals surface area contributed by atoms with Crippen molar-refractivity contribution in [1.82, 2.24) is 4.90 Å². The van der Waals surface area contributed by atoms with Gasteiger partial charge in [0.25, 0.3) is 6.47 Å². The summed E-state index contributed by atoms with van der Waals surface area (Å²) < 4.78 is 126. The first-order valence-corrected chi connectivity index (χ1v) is 12.1. The normalized spacial score (nSPS) is 17.8. The molecule has 0 radical (unpaired) electrons. The van der Waals surface area contributed by atoms with Gasteiger partial charge < -0.3 is 14.5 Å². The molecule has 220 valence electrons. The maximum atomic E-state index is 13.6. The second-order valence-electron chi connectivity index (χ2n) is 9.31. The number of carbonyl (C=O) groups is 2. The molecule has 14 heteroatoms. The number of nitrogens with zero attached hydrogens (tertiary/aromatic N) is 2. The van der Waals surface area contributed by atoms with Gasteiger partial charge in [0.05, 0.1) is 29.3 Å². The van der Waals surface area contributed by atoms with Crippen LogP contribution in [0.2, 0.25) is 0 Å². The molecule has 2 aromatic carbocycles. The van der Waals surface area contributed by atoms with Crippen LogP contribution in [0, 0.1) is 0 Å². The van der Waals surface area contributed by atoms with Crippen LogP contribution < -0.4 is 4.90 Å². The highest BCUT2D eigenvalue weighted by Gasteiger charge is 2.40. The molecule has 3 rings (SSSR count). The zero-order chi connectivity index (χ0) is 30.0. The van der Waals surface area contributed by atoms with Crippen LogP contribution >= 0.6 is 0 Å². The first-order valence-electron chi connectivity index (χ1n) is 12.1. The number of carbonyl (C=O) groups excluding carboxylic acids is 2. The number of alkyl halides is 9. The van der Waals surface area contributed by atoms with Gasteiger partial charge in [0.15, 0.2) is 0 Å². The van der Waals surface area contributed by atoms with Crippen LogP contribution in [-0.4, -0.2) is 36.5 Å². The molecular weight excluding hydrogens is 559 g/mol. The minimum absolute atomic E-state index is 0.0175. The average molecular weight is 584 g/mol. The Morgan fingerprint density at radius 1 is 0.950 bits per heavy atom. The maximum Gasteiger partial charge on any atom is 0.416 e. The van der Waals surface area contributed by atoms with Crippen LogP contribution in [0.1, 0.15) is 60.5 Å². The van der Waals surface area contributed by atoms with Gasteiger partial charge in [-0.15, -0.1) is 0 Å². The summed E-state index contributed by atoms with van der Waals surface area (Å²) in [5.74, 6) is -0.757. The van der Waals surface area contributed by atoms with Crippen molar-refractivity contribution in [2.45, 2.75) is 63.8 Å². The van der Waals surface area contributed by atoms with Gasteiger partial charge in [-0.05, 0) is 60.4 Å². The Kier molecular flexibility index (Phi) is 8.99. The Morgan fingerprint density at radius 3 is 2.00 bits per heavy atom. The second kappa shape index (κ2) is 11.6. The summed E-state index contributed by atoms with van der Waals surface area (Å²) in [6, 6.07) is 2.27. The van der Waals surface area contributed by atoms with Crippen LogP contribution in [0.5, 0.6) is 0 Å². The highest BCUT2D eigenvalue weighted by atomic mass is 19.4. The van der Waals surface area contributed by atoms with E-state index in [-0.39, 0.29) is 43.4 Å². The molecule has 1 aliphatic rings. The molecule has 0 bridgehead atoms. The third kappa shape index (κ3) is 7.00. The summed E-state index contributed by atoms with van der Waals surface area (Å²) in [6.45, 7) is 2.31. The Hall–Kier alpha value is -3.45. The Bertz CT molecular complexity index is 1190. The highest BCUT2D eigenvalue weighted by molar-refractivity contribution is 5.75. The lowest BCUT2D eigenvalue weighted by molar-refractivity contribution is -0.143. The van der Waals surface area contributed by atoms with Gasteiger partial charge in [-0.2, -0.15) is 39.5 Å².